The first-order valence-corrected chi connectivity index (χ1v) is 11.4. The minimum atomic E-state index is -3.49. The Morgan fingerprint density at radius 1 is 1.21 bits per heavy atom. The molecular weight excluding hydrogens is 414 g/mol. The Morgan fingerprint density at radius 2 is 1.97 bits per heavy atom. The van der Waals surface area contributed by atoms with Crippen molar-refractivity contribution in [3.63, 3.8) is 0 Å². The van der Waals surface area contributed by atoms with Crippen LogP contribution in [0.25, 0.3) is 11.4 Å². The average molecular weight is 436 g/mol. The molecule has 0 bridgehead atoms. The number of hydrogen-bond acceptors (Lipinski definition) is 8. The summed E-state index contributed by atoms with van der Waals surface area (Å²) in [6.45, 7) is 0.814. The molecule has 4 rings (SSSR count). The van der Waals surface area contributed by atoms with Gasteiger partial charge in [-0.25, -0.2) is 8.42 Å². The summed E-state index contributed by atoms with van der Waals surface area (Å²) in [6, 6.07) is 8.73. The minimum absolute atomic E-state index is 0.146. The lowest BCUT2D eigenvalue weighted by Crippen LogP contribution is -2.38. The van der Waals surface area contributed by atoms with E-state index in [0.29, 0.717) is 46.1 Å². The molecule has 1 atom stereocenters. The lowest BCUT2D eigenvalue weighted by Gasteiger charge is -2.29. The van der Waals surface area contributed by atoms with Gasteiger partial charge in [0.2, 0.25) is 11.7 Å². The molecule has 10 heteroatoms. The summed E-state index contributed by atoms with van der Waals surface area (Å²) < 4.78 is 43.6. The standard InChI is InChI=1S/C19H21N3O5S2/c1-25-15-9-14(10-16(11-15)26-2)18-20-19(27-21-18)13-5-3-7-22(12-13)29(23,24)17-6-4-8-28-17/h4,6,8-11,13H,3,5,7,12H2,1-2H3. The second-order valence-corrected chi connectivity index (χ2v) is 9.80. The highest BCUT2D eigenvalue weighted by molar-refractivity contribution is 7.91. The summed E-state index contributed by atoms with van der Waals surface area (Å²) in [5.74, 6) is 1.95. The van der Waals surface area contributed by atoms with Gasteiger partial charge in [-0.15, -0.1) is 11.3 Å². The molecule has 1 unspecified atom stereocenters. The molecule has 0 spiro atoms. The van der Waals surface area contributed by atoms with Crippen molar-refractivity contribution < 1.29 is 22.4 Å². The number of thiophene rings is 1. The van der Waals surface area contributed by atoms with E-state index in [1.54, 1.807) is 49.9 Å². The summed E-state index contributed by atoms with van der Waals surface area (Å²) in [5.41, 5.74) is 0.704. The molecular formula is C19H21N3O5S2. The van der Waals surface area contributed by atoms with Gasteiger partial charge in [0.05, 0.1) is 20.1 Å². The molecule has 2 aromatic heterocycles. The Hall–Kier alpha value is -2.43. The molecule has 154 valence electrons. The monoisotopic (exact) mass is 435 g/mol. The Kier molecular flexibility index (Phi) is 5.57. The van der Waals surface area contributed by atoms with Crippen molar-refractivity contribution in [2.45, 2.75) is 23.0 Å². The van der Waals surface area contributed by atoms with Crippen LogP contribution in [0.5, 0.6) is 11.5 Å². The Balaban J connectivity index is 1.57. The predicted molar refractivity (Wildman–Crippen MR) is 108 cm³/mol. The van der Waals surface area contributed by atoms with Crippen LogP contribution < -0.4 is 9.47 Å². The van der Waals surface area contributed by atoms with E-state index in [1.165, 1.54) is 15.6 Å². The third kappa shape index (κ3) is 4.00. The SMILES string of the molecule is COc1cc(OC)cc(-c2noc(C3CCCN(S(=O)(=O)c4cccs4)C3)n2)c1. The number of hydrogen-bond donors (Lipinski definition) is 0. The highest BCUT2D eigenvalue weighted by Crippen LogP contribution is 2.33. The molecule has 1 saturated heterocycles. The fourth-order valence-electron chi connectivity index (χ4n) is 3.35. The fraction of sp³-hybridized carbons (Fsp3) is 0.368. The van der Waals surface area contributed by atoms with Crippen molar-refractivity contribution >= 4 is 21.4 Å². The van der Waals surface area contributed by atoms with Crippen LogP contribution in [0, 0.1) is 0 Å². The maximum Gasteiger partial charge on any atom is 0.252 e. The van der Waals surface area contributed by atoms with E-state index in [-0.39, 0.29) is 5.92 Å². The molecule has 1 fully saturated rings. The van der Waals surface area contributed by atoms with Gasteiger partial charge in [-0.05, 0) is 36.4 Å². The zero-order chi connectivity index (χ0) is 20.4. The second kappa shape index (κ2) is 8.13. The van der Waals surface area contributed by atoms with Gasteiger partial charge < -0.3 is 14.0 Å². The molecule has 0 aliphatic carbocycles. The highest BCUT2D eigenvalue weighted by Gasteiger charge is 2.34. The molecule has 8 nitrogen and oxygen atoms in total. The summed E-state index contributed by atoms with van der Waals surface area (Å²) >= 11 is 1.22. The van der Waals surface area contributed by atoms with Crippen LogP contribution in [-0.4, -0.2) is 50.2 Å². The smallest absolute Gasteiger partial charge is 0.252 e. The lowest BCUT2D eigenvalue weighted by molar-refractivity contribution is 0.266. The largest absolute Gasteiger partial charge is 0.497 e. The van der Waals surface area contributed by atoms with Crippen LogP contribution in [0.15, 0.2) is 44.4 Å². The van der Waals surface area contributed by atoms with Crippen molar-refractivity contribution in [1.82, 2.24) is 14.4 Å². The van der Waals surface area contributed by atoms with Crippen LogP contribution in [0.2, 0.25) is 0 Å². The van der Waals surface area contributed by atoms with E-state index in [0.717, 1.165) is 12.8 Å². The molecule has 29 heavy (non-hydrogen) atoms. The van der Waals surface area contributed by atoms with E-state index in [2.05, 4.69) is 10.1 Å². The molecule has 0 amide bonds. The van der Waals surface area contributed by atoms with Crippen LogP contribution in [0.4, 0.5) is 0 Å². The van der Waals surface area contributed by atoms with E-state index in [1.807, 2.05) is 0 Å². The number of sulfonamides is 1. The number of piperidine rings is 1. The van der Waals surface area contributed by atoms with Crippen molar-refractivity contribution in [1.29, 1.82) is 0 Å². The average Bonchev–Trinajstić information content (AvgIpc) is 3.46. The first-order valence-electron chi connectivity index (χ1n) is 9.12. The zero-order valence-corrected chi connectivity index (χ0v) is 17.7. The van der Waals surface area contributed by atoms with Gasteiger partial charge in [0.25, 0.3) is 10.0 Å². The van der Waals surface area contributed by atoms with Crippen LogP contribution in [0.3, 0.4) is 0 Å². The highest BCUT2D eigenvalue weighted by atomic mass is 32.2. The summed E-state index contributed by atoms with van der Waals surface area (Å²) in [6.07, 6.45) is 1.53. The molecule has 0 saturated carbocycles. The number of nitrogens with zero attached hydrogens (tertiary/aromatic N) is 3. The predicted octanol–water partition coefficient (Wildman–Crippen LogP) is 3.38. The molecule has 1 aliphatic heterocycles. The van der Waals surface area contributed by atoms with Crippen LogP contribution in [0.1, 0.15) is 24.7 Å². The van der Waals surface area contributed by atoms with Gasteiger partial charge in [0.1, 0.15) is 15.7 Å². The third-order valence-electron chi connectivity index (χ3n) is 4.87. The molecule has 1 aromatic carbocycles. The van der Waals surface area contributed by atoms with E-state index < -0.39 is 10.0 Å². The molecule has 3 aromatic rings. The summed E-state index contributed by atoms with van der Waals surface area (Å²) in [5, 5.41) is 5.85. The lowest BCUT2D eigenvalue weighted by atomic mass is 10.00. The van der Waals surface area contributed by atoms with E-state index in [4.69, 9.17) is 14.0 Å². The van der Waals surface area contributed by atoms with Gasteiger partial charge in [-0.3, -0.25) is 0 Å². The normalized spacial score (nSPS) is 17.9. The molecule has 1 aliphatic rings. The van der Waals surface area contributed by atoms with Crippen molar-refractivity contribution in [2.24, 2.45) is 0 Å². The zero-order valence-electron chi connectivity index (χ0n) is 16.1. The number of benzene rings is 1. The third-order valence-corrected chi connectivity index (χ3v) is 8.11. The second-order valence-electron chi connectivity index (χ2n) is 6.69. The van der Waals surface area contributed by atoms with Crippen molar-refractivity contribution in [2.75, 3.05) is 27.3 Å². The minimum Gasteiger partial charge on any atom is -0.497 e. The Morgan fingerprint density at radius 3 is 2.62 bits per heavy atom. The van der Waals surface area contributed by atoms with Gasteiger partial charge in [0.15, 0.2) is 0 Å². The van der Waals surface area contributed by atoms with Gasteiger partial charge in [-0.2, -0.15) is 9.29 Å². The summed E-state index contributed by atoms with van der Waals surface area (Å²) in [7, 11) is -0.346. The van der Waals surface area contributed by atoms with E-state index in [9.17, 15) is 8.42 Å². The molecule has 0 radical (unpaired) electrons. The fourth-order valence-corrected chi connectivity index (χ4v) is 6.02. The maximum atomic E-state index is 12.8. The summed E-state index contributed by atoms with van der Waals surface area (Å²) in [4.78, 5) is 4.53. The van der Waals surface area contributed by atoms with Crippen molar-refractivity contribution in [3.05, 3.63) is 41.6 Å². The first kappa shape index (κ1) is 19.9. The number of rotatable bonds is 6. The first-order chi connectivity index (χ1) is 14.0. The van der Waals surface area contributed by atoms with E-state index >= 15 is 0 Å². The Bertz CT molecular complexity index is 1060. The van der Waals surface area contributed by atoms with Crippen LogP contribution >= 0.6 is 11.3 Å². The van der Waals surface area contributed by atoms with Gasteiger partial charge in [0, 0.05) is 24.7 Å². The van der Waals surface area contributed by atoms with Gasteiger partial charge in [-0.1, -0.05) is 11.2 Å². The van der Waals surface area contributed by atoms with Gasteiger partial charge >= 0.3 is 0 Å². The number of aromatic nitrogens is 2. The quantitative estimate of drug-likeness (QED) is 0.586. The number of ether oxygens (including phenoxy) is 2. The van der Waals surface area contributed by atoms with Crippen molar-refractivity contribution in [3.8, 4) is 22.9 Å². The maximum absolute atomic E-state index is 12.8. The number of methoxy groups -OCH3 is 2. The van der Waals surface area contributed by atoms with Crippen LogP contribution in [-0.2, 0) is 10.0 Å². The topological polar surface area (TPSA) is 94.8 Å². The molecule has 3 heterocycles. The molecule has 0 N–H and O–H groups in total. The Labute approximate surface area is 173 Å².